The van der Waals surface area contributed by atoms with Gasteiger partial charge in [-0.05, 0) is 68.2 Å². The molecular formula is C26H25Cl2N3. The molecule has 0 spiro atoms. The number of halogens is 2. The van der Waals surface area contributed by atoms with Gasteiger partial charge < -0.3 is 9.47 Å². The number of pyridine rings is 1. The molecule has 2 aromatic carbocycles. The molecule has 0 bridgehead atoms. The van der Waals surface area contributed by atoms with Gasteiger partial charge >= 0.3 is 0 Å². The van der Waals surface area contributed by atoms with Crippen molar-refractivity contribution in [3.05, 3.63) is 77.2 Å². The van der Waals surface area contributed by atoms with Gasteiger partial charge in [0.15, 0.2) is 0 Å². The van der Waals surface area contributed by atoms with Gasteiger partial charge in [-0.2, -0.15) is 0 Å². The van der Waals surface area contributed by atoms with Crippen LogP contribution in [0.2, 0.25) is 10.0 Å². The number of benzene rings is 2. The average molecular weight is 450 g/mol. The number of likely N-dealkylation sites (tertiary alicyclic amines) is 1. The normalized spacial score (nSPS) is 17.3. The maximum Gasteiger partial charge on any atom is 0.0501 e. The lowest BCUT2D eigenvalue weighted by Gasteiger charge is -2.30. The summed E-state index contributed by atoms with van der Waals surface area (Å²) in [6, 6.07) is 16.3. The SMILES string of the molecule is CN1CCCC(Cn2cc(-c3cncc(-c4cccc(Cl)c4)c3)c3ccc(Cl)cc32)C1. The van der Waals surface area contributed by atoms with E-state index in [1.807, 2.05) is 36.7 Å². The van der Waals surface area contributed by atoms with Gasteiger partial charge in [0.2, 0.25) is 0 Å². The molecule has 1 unspecified atom stereocenters. The third-order valence-corrected chi connectivity index (χ3v) is 6.70. The molecule has 5 rings (SSSR count). The minimum Gasteiger partial charge on any atom is -0.346 e. The second-order valence-electron chi connectivity index (χ2n) is 8.60. The first-order chi connectivity index (χ1) is 15.1. The number of nitrogens with zero attached hydrogens (tertiary/aromatic N) is 3. The number of hydrogen-bond donors (Lipinski definition) is 0. The maximum absolute atomic E-state index is 6.39. The number of aromatic nitrogens is 2. The van der Waals surface area contributed by atoms with Crippen molar-refractivity contribution in [3.8, 4) is 22.3 Å². The highest BCUT2D eigenvalue weighted by Gasteiger charge is 2.20. The highest BCUT2D eigenvalue weighted by molar-refractivity contribution is 6.31. The first-order valence-electron chi connectivity index (χ1n) is 10.7. The van der Waals surface area contributed by atoms with Crippen molar-refractivity contribution in [1.82, 2.24) is 14.5 Å². The van der Waals surface area contributed by atoms with Crippen molar-refractivity contribution in [2.24, 2.45) is 5.92 Å². The van der Waals surface area contributed by atoms with Crippen LogP contribution in [0.1, 0.15) is 12.8 Å². The summed E-state index contributed by atoms with van der Waals surface area (Å²) >= 11 is 12.6. The molecule has 2 aromatic heterocycles. The van der Waals surface area contributed by atoms with Gasteiger partial charge in [0, 0.05) is 63.8 Å². The Morgan fingerprint density at radius 1 is 0.968 bits per heavy atom. The van der Waals surface area contributed by atoms with Crippen molar-refractivity contribution >= 4 is 34.1 Å². The molecule has 0 radical (unpaired) electrons. The van der Waals surface area contributed by atoms with E-state index in [4.69, 9.17) is 23.2 Å². The van der Waals surface area contributed by atoms with E-state index in [1.165, 1.54) is 35.9 Å². The topological polar surface area (TPSA) is 21.1 Å². The molecule has 0 N–H and O–H groups in total. The molecular weight excluding hydrogens is 425 g/mol. The largest absolute Gasteiger partial charge is 0.346 e. The lowest BCUT2D eigenvalue weighted by molar-refractivity contribution is 0.196. The number of piperidine rings is 1. The zero-order valence-electron chi connectivity index (χ0n) is 17.6. The van der Waals surface area contributed by atoms with Gasteiger partial charge in [0.05, 0.1) is 5.52 Å². The Kier molecular flexibility index (Phi) is 5.75. The molecule has 0 amide bonds. The van der Waals surface area contributed by atoms with E-state index in [-0.39, 0.29) is 0 Å². The molecule has 0 aliphatic carbocycles. The second kappa shape index (κ2) is 8.66. The maximum atomic E-state index is 6.39. The summed E-state index contributed by atoms with van der Waals surface area (Å²) in [5.74, 6) is 0.650. The first kappa shape index (κ1) is 20.6. The Bertz CT molecular complexity index is 1230. The van der Waals surface area contributed by atoms with Gasteiger partial charge in [0.1, 0.15) is 0 Å². The van der Waals surface area contributed by atoms with E-state index in [2.05, 4.69) is 52.0 Å². The quantitative estimate of drug-likeness (QED) is 0.333. The van der Waals surface area contributed by atoms with E-state index >= 15 is 0 Å². The van der Waals surface area contributed by atoms with E-state index in [1.54, 1.807) is 0 Å². The summed E-state index contributed by atoms with van der Waals surface area (Å²) in [6.07, 6.45) is 8.64. The van der Waals surface area contributed by atoms with E-state index in [0.717, 1.165) is 39.8 Å². The van der Waals surface area contributed by atoms with E-state index in [0.29, 0.717) is 5.92 Å². The van der Waals surface area contributed by atoms with Crippen molar-refractivity contribution in [1.29, 1.82) is 0 Å². The molecule has 31 heavy (non-hydrogen) atoms. The van der Waals surface area contributed by atoms with Crippen LogP contribution < -0.4 is 0 Å². The highest BCUT2D eigenvalue weighted by atomic mass is 35.5. The minimum absolute atomic E-state index is 0.650. The van der Waals surface area contributed by atoms with Crippen LogP contribution in [-0.2, 0) is 6.54 Å². The summed E-state index contributed by atoms with van der Waals surface area (Å²) in [4.78, 5) is 6.98. The predicted octanol–water partition coefficient (Wildman–Crippen LogP) is 7.02. The second-order valence-corrected chi connectivity index (χ2v) is 9.47. The van der Waals surface area contributed by atoms with Crippen LogP contribution >= 0.6 is 23.2 Å². The van der Waals surface area contributed by atoms with Crippen LogP contribution in [0.15, 0.2) is 67.1 Å². The zero-order valence-corrected chi connectivity index (χ0v) is 19.1. The monoisotopic (exact) mass is 449 g/mol. The molecule has 1 fully saturated rings. The summed E-state index contributed by atoms with van der Waals surface area (Å²) in [6.45, 7) is 3.34. The minimum atomic E-state index is 0.650. The molecule has 3 nitrogen and oxygen atoms in total. The Morgan fingerprint density at radius 3 is 2.65 bits per heavy atom. The van der Waals surface area contributed by atoms with Crippen molar-refractivity contribution in [2.45, 2.75) is 19.4 Å². The Balaban J connectivity index is 1.57. The summed E-state index contributed by atoms with van der Waals surface area (Å²) < 4.78 is 2.38. The van der Waals surface area contributed by atoms with Crippen molar-refractivity contribution < 1.29 is 0 Å². The van der Waals surface area contributed by atoms with Gasteiger partial charge in [-0.1, -0.05) is 41.4 Å². The van der Waals surface area contributed by atoms with Crippen LogP contribution in [0.25, 0.3) is 33.2 Å². The Morgan fingerprint density at radius 2 is 1.81 bits per heavy atom. The van der Waals surface area contributed by atoms with Crippen molar-refractivity contribution in [2.75, 3.05) is 20.1 Å². The number of fused-ring (bicyclic) bond motifs is 1. The average Bonchev–Trinajstić information content (AvgIpc) is 3.11. The molecule has 5 heteroatoms. The summed E-state index contributed by atoms with van der Waals surface area (Å²) in [5, 5.41) is 2.70. The van der Waals surface area contributed by atoms with Gasteiger partial charge in [0.25, 0.3) is 0 Å². The summed E-state index contributed by atoms with van der Waals surface area (Å²) in [5.41, 5.74) is 5.60. The van der Waals surface area contributed by atoms with Crippen LogP contribution in [0.3, 0.4) is 0 Å². The summed E-state index contributed by atoms with van der Waals surface area (Å²) in [7, 11) is 2.22. The Hall–Kier alpha value is -2.33. The third-order valence-electron chi connectivity index (χ3n) is 6.23. The molecule has 158 valence electrons. The van der Waals surface area contributed by atoms with E-state index in [9.17, 15) is 0 Å². The lowest BCUT2D eigenvalue weighted by atomic mass is 9.98. The fraction of sp³-hybridized carbons (Fsp3) is 0.269. The highest BCUT2D eigenvalue weighted by Crippen LogP contribution is 2.35. The lowest BCUT2D eigenvalue weighted by Crippen LogP contribution is -2.33. The standard InChI is InChI=1S/C26H25Cl2N3/c1-30-9-3-4-18(15-30)16-31-17-25(24-8-7-23(28)12-26(24)31)21-10-20(13-29-14-21)19-5-2-6-22(27)11-19/h2,5-8,10-14,17-18H,3-4,9,15-16H2,1H3. The number of rotatable bonds is 4. The van der Waals surface area contributed by atoms with Crippen molar-refractivity contribution in [3.63, 3.8) is 0 Å². The van der Waals surface area contributed by atoms with Gasteiger partial charge in [-0.25, -0.2) is 0 Å². The number of hydrogen-bond acceptors (Lipinski definition) is 2. The third kappa shape index (κ3) is 4.36. The first-order valence-corrected chi connectivity index (χ1v) is 11.5. The molecule has 3 heterocycles. The van der Waals surface area contributed by atoms with Crippen LogP contribution in [0.5, 0.6) is 0 Å². The van der Waals surface area contributed by atoms with Crippen LogP contribution in [0.4, 0.5) is 0 Å². The molecule has 1 aliphatic rings. The molecule has 1 atom stereocenters. The Labute approximate surface area is 193 Å². The van der Waals surface area contributed by atoms with Crippen LogP contribution in [-0.4, -0.2) is 34.6 Å². The van der Waals surface area contributed by atoms with Gasteiger partial charge in [-0.3, -0.25) is 4.98 Å². The van der Waals surface area contributed by atoms with E-state index < -0.39 is 0 Å². The molecule has 0 saturated carbocycles. The van der Waals surface area contributed by atoms with Gasteiger partial charge in [-0.15, -0.1) is 0 Å². The molecule has 1 aliphatic heterocycles. The fourth-order valence-electron chi connectivity index (χ4n) is 4.76. The predicted molar refractivity (Wildman–Crippen MR) is 131 cm³/mol. The zero-order chi connectivity index (χ0) is 21.4. The molecule has 1 saturated heterocycles. The molecule has 4 aromatic rings. The fourth-order valence-corrected chi connectivity index (χ4v) is 5.12. The smallest absolute Gasteiger partial charge is 0.0501 e. The van der Waals surface area contributed by atoms with Crippen LogP contribution in [0, 0.1) is 5.92 Å².